The van der Waals surface area contributed by atoms with E-state index in [1.807, 2.05) is 67.6 Å². The molecule has 3 heterocycles. The Bertz CT molecular complexity index is 1140. The normalized spacial score (nSPS) is 18.0. The van der Waals surface area contributed by atoms with Crippen LogP contribution in [-0.2, 0) is 8.56 Å². The molecule has 0 radical (unpaired) electrons. The Hall–Kier alpha value is -3.13. The van der Waals surface area contributed by atoms with Crippen LogP contribution in [0.2, 0.25) is 4.75 Å². The minimum atomic E-state index is -4.09. The van der Waals surface area contributed by atoms with Crippen molar-refractivity contribution in [1.82, 2.24) is 9.97 Å². The molecule has 0 aliphatic carbocycles. The zero-order chi connectivity index (χ0) is 19.8. The molecule has 1 fully saturated rings. The summed E-state index contributed by atoms with van der Waals surface area (Å²) >= 11 is -4.09. The SMILES string of the molecule is C[C@H]1CC(=O)[O][Ge]1([O]c1cccc2cccnc12)[O]c1cccc2cccnc12. The van der Waals surface area contributed by atoms with Crippen LogP contribution in [-0.4, -0.2) is 30.2 Å². The number of hydrogen-bond donors (Lipinski definition) is 0. The molecule has 0 unspecified atom stereocenters. The van der Waals surface area contributed by atoms with E-state index >= 15 is 0 Å². The molecule has 2 aromatic carbocycles. The summed E-state index contributed by atoms with van der Waals surface area (Å²) in [7, 11) is 0. The van der Waals surface area contributed by atoms with Gasteiger partial charge in [-0.2, -0.15) is 0 Å². The first-order valence-electron chi connectivity index (χ1n) is 9.42. The number of hydrogen-bond acceptors (Lipinski definition) is 6. The van der Waals surface area contributed by atoms with Crippen molar-refractivity contribution in [3.63, 3.8) is 0 Å². The number of carbonyl (C=O) groups is 1. The first-order valence-corrected chi connectivity index (χ1v) is 13.2. The van der Waals surface area contributed by atoms with Crippen LogP contribution in [0.25, 0.3) is 21.8 Å². The van der Waals surface area contributed by atoms with Gasteiger partial charge in [0.2, 0.25) is 0 Å². The summed E-state index contributed by atoms with van der Waals surface area (Å²) in [6, 6.07) is 19.1. The molecule has 0 bridgehead atoms. The van der Waals surface area contributed by atoms with Crippen molar-refractivity contribution in [3.05, 3.63) is 73.1 Å². The van der Waals surface area contributed by atoms with E-state index < -0.39 is 14.3 Å². The van der Waals surface area contributed by atoms with E-state index in [1.165, 1.54) is 0 Å². The number of para-hydroxylation sites is 2. The van der Waals surface area contributed by atoms with Gasteiger partial charge in [0.15, 0.2) is 0 Å². The van der Waals surface area contributed by atoms with Crippen molar-refractivity contribution in [2.45, 2.75) is 18.1 Å². The van der Waals surface area contributed by atoms with Gasteiger partial charge in [0.25, 0.3) is 0 Å². The Kier molecular flexibility index (Phi) is 4.35. The van der Waals surface area contributed by atoms with Crippen molar-refractivity contribution < 1.29 is 16.1 Å². The Balaban J connectivity index is 1.61. The quantitative estimate of drug-likeness (QED) is 0.429. The molecule has 2 aromatic heterocycles. The van der Waals surface area contributed by atoms with Crippen LogP contribution in [0.1, 0.15) is 13.3 Å². The fraction of sp³-hybridized carbons (Fsp3) is 0.136. The van der Waals surface area contributed by atoms with Gasteiger partial charge >= 0.3 is 171 Å². The van der Waals surface area contributed by atoms with Crippen molar-refractivity contribution in [3.8, 4) is 11.5 Å². The van der Waals surface area contributed by atoms with Gasteiger partial charge in [-0.15, -0.1) is 0 Å². The summed E-state index contributed by atoms with van der Waals surface area (Å²) in [5.41, 5.74) is 1.43. The molecule has 0 spiro atoms. The van der Waals surface area contributed by atoms with Gasteiger partial charge in [-0.3, -0.25) is 0 Å². The van der Waals surface area contributed by atoms with Crippen LogP contribution in [0.5, 0.6) is 11.5 Å². The number of carbonyl (C=O) groups excluding carboxylic acids is 1. The number of fused-ring (bicyclic) bond motifs is 2. The maximum atomic E-state index is 12.2. The molecule has 0 N–H and O–H groups in total. The van der Waals surface area contributed by atoms with Gasteiger partial charge in [0.1, 0.15) is 0 Å². The van der Waals surface area contributed by atoms with E-state index in [-0.39, 0.29) is 17.1 Å². The van der Waals surface area contributed by atoms with Crippen molar-refractivity contribution in [2.24, 2.45) is 0 Å². The van der Waals surface area contributed by atoms with Crippen molar-refractivity contribution in [1.29, 1.82) is 0 Å². The summed E-state index contributed by atoms with van der Waals surface area (Å²) in [5, 5.41) is 1.90. The maximum absolute atomic E-state index is 12.2. The van der Waals surface area contributed by atoms with E-state index in [4.69, 9.17) is 11.3 Å². The molecule has 5 rings (SSSR count). The van der Waals surface area contributed by atoms with Crippen LogP contribution in [0, 0.1) is 0 Å². The third-order valence-corrected chi connectivity index (χ3v) is 11.2. The Labute approximate surface area is 170 Å². The predicted molar refractivity (Wildman–Crippen MR) is 111 cm³/mol. The Morgan fingerprint density at radius 2 is 1.38 bits per heavy atom. The average Bonchev–Trinajstić information content (AvgIpc) is 3.01. The molecule has 6 nitrogen and oxygen atoms in total. The van der Waals surface area contributed by atoms with Gasteiger partial charge in [0, 0.05) is 0 Å². The fourth-order valence-corrected chi connectivity index (χ4v) is 8.78. The first-order chi connectivity index (χ1) is 14.1. The topological polar surface area (TPSA) is 70.5 Å². The molecule has 0 amide bonds. The molecule has 29 heavy (non-hydrogen) atoms. The van der Waals surface area contributed by atoms with E-state index in [0.29, 0.717) is 11.5 Å². The summed E-state index contributed by atoms with van der Waals surface area (Å²) in [6.07, 6.45) is 3.71. The second-order valence-electron chi connectivity index (χ2n) is 7.05. The second kappa shape index (κ2) is 7.04. The number of benzene rings is 2. The number of nitrogens with zero attached hydrogens (tertiary/aromatic N) is 2. The van der Waals surface area contributed by atoms with Crippen LogP contribution < -0.4 is 7.53 Å². The average molecular weight is 447 g/mol. The Morgan fingerprint density at radius 3 is 1.86 bits per heavy atom. The summed E-state index contributed by atoms with van der Waals surface area (Å²) in [4.78, 5) is 21.1. The molecule has 7 heteroatoms. The van der Waals surface area contributed by atoms with Gasteiger partial charge in [-0.05, 0) is 0 Å². The van der Waals surface area contributed by atoms with Crippen molar-refractivity contribution in [2.75, 3.05) is 0 Å². The molecular formula is C22H18GeN2O4. The van der Waals surface area contributed by atoms with E-state index in [2.05, 4.69) is 9.97 Å². The molecule has 4 aromatic rings. The van der Waals surface area contributed by atoms with Crippen LogP contribution in [0.15, 0.2) is 73.1 Å². The zero-order valence-electron chi connectivity index (χ0n) is 15.7. The standard InChI is InChI=1S/C22H18GeN2O4/c1-15-14-20(26)29-23(15,27-18-10-2-6-16-8-4-12-24-21(16)18)28-19-11-3-7-17-9-5-13-25-22(17)19/h2-13,15H,14H2,1H3/t15-/m0/s1. The second-order valence-corrected chi connectivity index (χ2v) is 12.9. The van der Waals surface area contributed by atoms with Crippen LogP contribution >= 0.6 is 0 Å². The molecule has 1 saturated heterocycles. The molecule has 1 aliphatic heterocycles. The molecular weight excluding hydrogens is 429 g/mol. The molecule has 1 aliphatic rings. The summed E-state index contributed by atoms with van der Waals surface area (Å²) < 4.78 is 18.6. The molecule has 1 atom stereocenters. The minimum absolute atomic E-state index is 0.152. The summed E-state index contributed by atoms with van der Waals surface area (Å²) in [6.45, 7) is 1.95. The fourth-order valence-electron chi connectivity index (χ4n) is 3.56. The van der Waals surface area contributed by atoms with Crippen molar-refractivity contribution >= 4 is 42.1 Å². The summed E-state index contributed by atoms with van der Waals surface area (Å²) in [5.74, 6) is 0.842. The van der Waals surface area contributed by atoms with Gasteiger partial charge in [0.05, 0.1) is 0 Å². The van der Waals surface area contributed by atoms with Crippen LogP contribution in [0.4, 0.5) is 0 Å². The third kappa shape index (κ3) is 3.19. The van der Waals surface area contributed by atoms with E-state index in [1.54, 1.807) is 12.4 Å². The number of rotatable bonds is 4. The molecule has 144 valence electrons. The third-order valence-electron chi connectivity index (χ3n) is 5.03. The monoisotopic (exact) mass is 448 g/mol. The number of aromatic nitrogens is 2. The van der Waals surface area contributed by atoms with Crippen LogP contribution in [0.3, 0.4) is 0 Å². The number of pyridine rings is 2. The first kappa shape index (κ1) is 17.9. The van der Waals surface area contributed by atoms with E-state index in [9.17, 15) is 4.79 Å². The van der Waals surface area contributed by atoms with Gasteiger partial charge in [-0.25, -0.2) is 0 Å². The predicted octanol–water partition coefficient (Wildman–Crippen LogP) is 4.52. The molecule has 0 saturated carbocycles. The van der Waals surface area contributed by atoms with E-state index in [0.717, 1.165) is 21.8 Å². The zero-order valence-corrected chi connectivity index (χ0v) is 17.8. The van der Waals surface area contributed by atoms with Gasteiger partial charge in [-0.1, -0.05) is 0 Å². The Morgan fingerprint density at radius 1 is 0.862 bits per heavy atom. The van der Waals surface area contributed by atoms with Gasteiger partial charge < -0.3 is 0 Å².